The first kappa shape index (κ1) is 19.9. The Bertz CT molecular complexity index is 253. The van der Waals surface area contributed by atoms with Gasteiger partial charge in [0.1, 0.15) is 0 Å². The normalized spacial score (nSPS) is 19.0. The maximum Gasteiger partial charge on any atom is 0.0701 e. The van der Waals surface area contributed by atoms with E-state index in [4.69, 9.17) is 9.47 Å². The smallest absolute Gasteiger partial charge is 0.0701 e. The van der Waals surface area contributed by atoms with Crippen LogP contribution in [0.1, 0.15) is 47.0 Å². The van der Waals surface area contributed by atoms with Crippen LogP contribution in [0.15, 0.2) is 0 Å². The molecule has 4 heteroatoms. The van der Waals surface area contributed by atoms with Crippen LogP contribution >= 0.6 is 0 Å². The van der Waals surface area contributed by atoms with Crippen LogP contribution in [0.2, 0.25) is 0 Å². The van der Waals surface area contributed by atoms with E-state index in [1.807, 2.05) is 0 Å². The first-order valence-corrected chi connectivity index (χ1v) is 9.25. The number of hydrogen-bond donors (Lipinski definition) is 0. The molecule has 1 atom stereocenters. The molecule has 0 aromatic carbocycles. The van der Waals surface area contributed by atoms with E-state index in [-0.39, 0.29) is 0 Å². The van der Waals surface area contributed by atoms with Crippen molar-refractivity contribution < 1.29 is 9.47 Å². The van der Waals surface area contributed by atoms with E-state index in [2.05, 4.69) is 37.5 Å². The van der Waals surface area contributed by atoms with Gasteiger partial charge in [-0.15, -0.1) is 0 Å². The van der Waals surface area contributed by atoms with Gasteiger partial charge in [0.25, 0.3) is 0 Å². The van der Waals surface area contributed by atoms with Crippen molar-refractivity contribution in [3.63, 3.8) is 0 Å². The summed E-state index contributed by atoms with van der Waals surface area (Å²) in [6.07, 6.45) is 3.67. The molecule has 1 heterocycles. The highest BCUT2D eigenvalue weighted by Crippen LogP contribution is 2.08. The van der Waals surface area contributed by atoms with Crippen LogP contribution in [-0.2, 0) is 9.47 Å². The lowest BCUT2D eigenvalue weighted by molar-refractivity contribution is 0.0273. The molecule has 0 aromatic heterocycles. The molecule has 1 aliphatic rings. The van der Waals surface area contributed by atoms with Crippen LogP contribution in [0.25, 0.3) is 0 Å². The molecule has 1 saturated heterocycles. The molecule has 0 radical (unpaired) electrons. The first-order valence-electron chi connectivity index (χ1n) is 9.25. The maximum absolute atomic E-state index is 5.68. The number of piperazine rings is 1. The molecule has 0 saturated carbocycles. The Morgan fingerprint density at radius 3 is 2.09 bits per heavy atom. The minimum atomic E-state index is 0.728. The predicted octanol–water partition coefficient (Wildman–Crippen LogP) is 2.87. The molecular formula is C18H38N2O2. The molecule has 0 N–H and O–H groups in total. The third-order valence-corrected chi connectivity index (χ3v) is 4.62. The third-order valence-electron chi connectivity index (χ3n) is 4.62. The monoisotopic (exact) mass is 314 g/mol. The molecule has 0 bridgehead atoms. The average Bonchev–Trinajstić information content (AvgIpc) is 2.53. The van der Waals surface area contributed by atoms with Crippen LogP contribution in [0, 0.1) is 5.92 Å². The fourth-order valence-corrected chi connectivity index (χ4v) is 2.80. The Kier molecular flexibility index (Phi) is 11.1. The number of nitrogens with zero attached hydrogens (tertiary/aromatic N) is 2. The summed E-state index contributed by atoms with van der Waals surface area (Å²) in [6.45, 7) is 18.1. The van der Waals surface area contributed by atoms with Crippen molar-refractivity contribution in [3.8, 4) is 0 Å². The fraction of sp³-hybridized carbons (Fsp3) is 1.00. The zero-order valence-corrected chi connectivity index (χ0v) is 15.4. The van der Waals surface area contributed by atoms with Crippen molar-refractivity contribution in [3.05, 3.63) is 0 Å². The Balaban J connectivity index is 1.88. The van der Waals surface area contributed by atoms with Crippen molar-refractivity contribution in [2.75, 3.05) is 59.2 Å². The zero-order chi connectivity index (χ0) is 16.2. The van der Waals surface area contributed by atoms with Gasteiger partial charge in [0.2, 0.25) is 0 Å². The van der Waals surface area contributed by atoms with Crippen molar-refractivity contribution in [1.82, 2.24) is 9.80 Å². The second-order valence-electron chi connectivity index (χ2n) is 6.90. The maximum atomic E-state index is 5.68. The predicted molar refractivity (Wildman–Crippen MR) is 93.5 cm³/mol. The summed E-state index contributed by atoms with van der Waals surface area (Å²) in [5.41, 5.74) is 0. The number of hydrogen-bond acceptors (Lipinski definition) is 4. The lowest BCUT2D eigenvalue weighted by atomic mass is 10.1. The molecule has 0 amide bonds. The van der Waals surface area contributed by atoms with Gasteiger partial charge in [0.05, 0.1) is 19.8 Å². The van der Waals surface area contributed by atoms with Crippen LogP contribution in [0.3, 0.4) is 0 Å². The molecule has 1 fully saturated rings. The van der Waals surface area contributed by atoms with Gasteiger partial charge < -0.3 is 9.47 Å². The first-order chi connectivity index (χ1) is 10.6. The van der Waals surface area contributed by atoms with Gasteiger partial charge in [0, 0.05) is 45.4 Å². The lowest BCUT2D eigenvalue weighted by Gasteiger charge is -2.37. The molecule has 1 aliphatic heterocycles. The largest absolute Gasteiger partial charge is 0.379 e. The van der Waals surface area contributed by atoms with Crippen molar-refractivity contribution in [2.24, 2.45) is 5.92 Å². The van der Waals surface area contributed by atoms with Crippen LogP contribution in [0.4, 0.5) is 0 Å². The molecule has 1 unspecified atom stereocenters. The zero-order valence-electron chi connectivity index (χ0n) is 15.4. The summed E-state index contributed by atoms with van der Waals surface area (Å²) in [5.74, 6) is 0.778. The summed E-state index contributed by atoms with van der Waals surface area (Å²) in [5, 5.41) is 0. The topological polar surface area (TPSA) is 24.9 Å². The number of ether oxygens (including phenoxy) is 2. The van der Waals surface area contributed by atoms with Gasteiger partial charge >= 0.3 is 0 Å². The molecular weight excluding hydrogens is 276 g/mol. The Labute approximate surface area is 138 Å². The van der Waals surface area contributed by atoms with E-state index in [1.165, 1.54) is 39.0 Å². The summed E-state index contributed by atoms with van der Waals surface area (Å²) in [7, 11) is 0. The molecule has 0 aromatic rings. The Hall–Kier alpha value is -0.160. The van der Waals surface area contributed by atoms with Gasteiger partial charge in [-0.05, 0) is 32.1 Å². The van der Waals surface area contributed by atoms with Crippen molar-refractivity contribution in [1.29, 1.82) is 0 Å². The van der Waals surface area contributed by atoms with Crippen molar-refractivity contribution >= 4 is 0 Å². The van der Waals surface area contributed by atoms with E-state index < -0.39 is 0 Å². The van der Waals surface area contributed by atoms with Gasteiger partial charge in [-0.3, -0.25) is 9.80 Å². The van der Waals surface area contributed by atoms with Crippen LogP contribution in [0.5, 0.6) is 0 Å². The van der Waals surface area contributed by atoms with E-state index in [1.54, 1.807) is 0 Å². The molecule has 4 nitrogen and oxygen atoms in total. The second-order valence-corrected chi connectivity index (χ2v) is 6.90. The quantitative estimate of drug-likeness (QED) is 0.517. The van der Waals surface area contributed by atoms with Gasteiger partial charge in [0.15, 0.2) is 0 Å². The highest BCUT2D eigenvalue weighted by atomic mass is 16.5. The van der Waals surface area contributed by atoms with E-state index in [0.717, 1.165) is 51.4 Å². The number of rotatable bonds is 12. The highest BCUT2D eigenvalue weighted by Gasteiger charge is 2.19. The Morgan fingerprint density at radius 2 is 1.50 bits per heavy atom. The molecule has 0 aliphatic carbocycles. The molecule has 1 rings (SSSR count). The third kappa shape index (κ3) is 9.09. The molecule has 132 valence electrons. The average molecular weight is 315 g/mol. The van der Waals surface area contributed by atoms with Gasteiger partial charge in [-0.2, -0.15) is 0 Å². The van der Waals surface area contributed by atoms with E-state index >= 15 is 0 Å². The highest BCUT2D eigenvalue weighted by molar-refractivity contribution is 4.75. The summed E-state index contributed by atoms with van der Waals surface area (Å²) in [4.78, 5) is 5.12. The van der Waals surface area contributed by atoms with Crippen LogP contribution < -0.4 is 0 Å². The second kappa shape index (κ2) is 12.3. The lowest BCUT2D eigenvalue weighted by Crippen LogP contribution is -2.50. The van der Waals surface area contributed by atoms with Gasteiger partial charge in [-0.1, -0.05) is 20.8 Å². The van der Waals surface area contributed by atoms with E-state index in [9.17, 15) is 0 Å². The van der Waals surface area contributed by atoms with E-state index in [0.29, 0.717) is 0 Å². The summed E-state index contributed by atoms with van der Waals surface area (Å²) >= 11 is 0. The summed E-state index contributed by atoms with van der Waals surface area (Å²) in [6, 6.07) is 0.728. The molecule has 22 heavy (non-hydrogen) atoms. The Morgan fingerprint density at radius 1 is 0.864 bits per heavy atom. The van der Waals surface area contributed by atoms with Crippen molar-refractivity contribution in [2.45, 2.75) is 53.0 Å². The minimum Gasteiger partial charge on any atom is -0.379 e. The minimum absolute atomic E-state index is 0.728. The van der Waals surface area contributed by atoms with Gasteiger partial charge in [-0.25, -0.2) is 0 Å². The van der Waals surface area contributed by atoms with Crippen LogP contribution in [-0.4, -0.2) is 75.0 Å². The SMILES string of the molecule is CCC(C)N1CCN(CCOCCOCCCC(C)C)CC1. The fourth-order valence-electron chi connectivity index (χ4n) is 2.80. The molecule has 0 spiro atoms. The standard InChI is InChI=1S/C18H38N2O2/c1-5-18(4)20-10-8-19(9-11-20)12-14-22-16-15-21-13-6-7-17(2)3/h17-18H,5-16H2,1-4H3. The summed E-state index contributed by atoms with van der Waals surface area (Å²) < 4.78 is 11.3.